The highest BCUT2D eigenvalue weighted by atomic mass is 127. The molecule has 1 fully saturated rings. The lowest BCUT2D eigenvalue weighted by molar-refractivity contribution is 0.0772. The lowest BCUT2D eigenvalue weighted by atomic mass is 10.1. The molecular weight excluding hydrogens is 493 g/mol. The number of anilines is 2. The third-order valence-corrected chi connectivity index (χ3v) is 5.60. The highest BCUT2D eigenvalue weighted by Gasteiger charge is 2.25. The molecule has 2 aromatic rings. The van der Waals surface area contributed by atoms with Gasteiger partial charge in [0.05, 0.1) is 17.4 Å². The molecule has 3 rings (SSSR count). The topological polar surface area (TPSA) is 70.8 Å². The molecule has 0 bridgehead atoms. The molecule has 1 atom stereocenters. The van der Waals surface area contributed by atoms with Gasteiger partial charge in [0.25, 0.3) is 5.91 Å². The number of ether oxygens (including phenoxy) is 1. The zero-order valence-electron chi connectivity index (χ0n) is 16.2. The van der Waals surface area contributed by atoms with Crippen LogP contribution in [0.15, 0.2) is 30.3 Å². The molecular formula is C20H23F2IN4O2. The number of benzene rings is 2. The van der Waals surface area contributed by atoms with Gasteiger partial charge in [0.1, 0.15) is 29.6 Å². The van der Waals surface area contributed by atoms with Crippen LogP contribution in [-0.4, -0.2) is 62.1 Å². The highest BCUT2D eigenvalue weighted by Crippen LogP contribution is 2.32. The first-order chi connectivity index (χ1) is 13.7. The predicted molar refractivity (Wildman–Crippen MR) is 117 cm³/mol. The van der Waals surface area contributed by atoms with E-state index in [0.29, 0.717) is 3.57 Å². The Hall–Kier alpha value is -1.98. The Balaban J connectivity index is 1.88. The largest absolute Gasteiger partial charge is 0.491 e. The molecule has 1 saturated heterocycles. The molecule has 0 aromatic heterocycles. The molecule has 0 spiro atoms. The van der Waals surface area contributed by atoms with E-state index in [2.05, 4.69) is 15.1 Å². The van der Waals surface area contributed by atoms with Gasteiger partial charge in [0, 0.05) is 29.3 Å². The summed E-state index contributed by atoms with van der Waals surface area (Å²) in [6, 6.07) is 6.86. The van der Waals surface area contributed by atoms with Gasteiger partial charge in [-0.05, 0) is 61.0 Å². The second-order valence-corrected chi connectivity index (χ2v) is 8.39. The first kappa shape index (κ1) is 21.7. The van der Waals surface area contributed by atoms with E-state index < -0.39 is 17.5 Å². The van der Waals surface area contributed by atoms with Gasteiger partial charge in [-0.3, -0.25) is 9.69 Å². The fraction of sp³-hybridized carbons (Fsp3) is 0.350. The zero-order chi connectivity index (χ0) is 21.1. The van der Waals surface area contributed by atoms with Crippen LogP contribution in [0.3, 0.4) is 0 Å². The van der Waals surface area contributed by atoms with Crippen molar-refractivity contribution in [1.82, 2.24) is 9.80 Å². The number of hydrogen-bond donors (Lipinski definition) is 2. The molecule has 3 N–H and O–H groups in total. The first-order valence-corrected chi connectivity index (χ1v) is 10.2. The van der Waals surface area contributed by atoms with E-state index in [1.165, 1.54) is 12.1 Å². The van der Waals surface area contributed by atoms with Crippen LogP contribution < -0.4 is 15.8 Å². The molecule has 1 unspecified atom stereocenters. The van der Waals surface area contributed by atoms with Gasteiger partial charge < -0.3 is 20.7 Å². The Kier molecular flexibility index (Phi) is 6.91. The summed E-state index contributed by atoms with van der Waals surface area (Å²) in [6.45, 7) is 2.89. The summed E-state index contributed by atoms with van der Waals surface area (Å²) in [7, 11) is 4.02. The van der Waals surface area contributed by atoms with E-state index in [4.69, 9.17) is 10.5 Å². The lowest BCUT2D eigenvalue weighted by Crippen LogP contribution is -2.52. The van der Waals surface area contributed by atoms with Crippen molar-refractivity contribution in [3.05, 3.63) is 51.1 Å². The molecule has 1 aliphatic rings. The minimum atomic E-state index is -0.789. The average molecular weight is 516 g/mol. The monoisotopic (exact) mass is 516 g/mol. The smallest absolute Gasteiger partial charge is 0.254 e. The molecule has 2 aromatic carbocycles. The van der Waals surface area contributed by atoms with E-state index in [1.807, 2.05) is 36.7 Å². The Morgan fingerprint density at radius 1 is 1.24 bits per heavy atom. The number of amides is 1. The van der Waals surface area contributed by atoms with Gasteiger partial charge >= 0.3 is 0 Å². The molecule has 0 saturated carbocycles. The van der Waals surface area contributed by atoms with Crippen LogP contribution >= 0.6 is 22.6 Å². The number of primary amides is 1. The number of halogens is 3. The SMILES string of the molecule is CN1CCN(C)C(COc2cc(F)cc(Nc3ccc(I)cc3F)c2C(N)=O)C1. The summed E-state index contributed by atoms with van der Waals surface area (Å²) in [5.41, 5.74) is 5.69. The summed E-state index contributed by atoms with van der Waals surface area (Å²) in [6.07, 6.45) is 0. The maximum Gasteiger partial charge on any atom is 0.254 e. The minimum Gasteiger partial charge on any atom is -0.491 e. The van der Waals surface area contributed by atoms with Gasteiger partial charge in [0.15, 0.2) is 0 Å². The van der Waals surface area contributed by atoms with Crippen molar-refractivity contribution in [2.75, 3.05) is 45.7 Å². The molecule has 1 amide bonds. The van der Waals surface area contributed by atoms with Gasteiger partial charge in [0.2, 0.25) is 0 Å². The molecule has 0 radical (unpaired) electrons. The number of carbonyl (C=O) groups excluding carboxylic acids is 1. The fourth-order valence-electron chi connectivity index (χ4n) is 3.25. The Bertz CT molecular complexity index is 912. The van der Waals surface area contributed by atoms with Gasteiger partial charge in [-0.2, -0.15) is 0 Å². The van der Waals surface area contributed by atoms with Crippen LogP contribution in [0.4, 0.5) is 20.2 Å². The van der Waals surface area contributed by atoms with Crippen LogP contribution in [0.1, 0.15) is 10.4 Å². The summed E-state index contributed by atoms with van der Waals surface area (Å²) < 4.78 is 35.0. The van der Waals surface area contributed by atoms with E-state index in [-0.39, 0.29) is 35.3 Å². The molecule has 9 heteroatoms. The van der Waals surface area contributed by atoms with Gasteiger partial charge in [-0.15, -0.1) is 0 Å². The van der Waals surface area contributed by atoms with Crippen molar-refractivity contribution < 1.29 is 18.3 Å². The summed E-state index contributed by atoms with van der Waals surface area (Å²) in [5, 5.41) is 2.77. The predicted octanol–water partition coefficient (Wildman–Crippen LogP) is 3.04. The van der Waals surface area contributed by atoms with Crippen molar-refractivity contribution in [3.63, 3.8) is 0 Å². The Morgan fingerprint density at radius 3 is 2.69 bits per heavy atom. The normalized spacial score (nSPS) is 17.9. The second kappa shape index (κ2) is 9.23. The van der Waals surface area contributed by atoms with Crippen molar-refractivity contribution in [2.24, 2.45) is 5.73 Å². The fourth-order valence-corrected chi connectivity index (χ4v) is 3.70. The summed E-state index contributed by atoms with van der Waals surface area (Å²) >= 11 is 1.99. The second-order valence-electron chi connectivity index (χ2n) is 7.15. The minimum absolute atomic E-state index is 0.0174. The number of nitrogens with one attached hydrogen (secondary N) is 1. The molecule has 0 aliphatic carbocycles. The maximum atomic E-state index is 14.3. The number of carbonyl (C=O) groups is 1. The Labute approximate surface area is 182 Å². The number of hydrogen-bond acceptors (Lipinski definition) is 5. The third-order valence-electron chi connectivity index (χ3n) is 4.93. The number of rotatable bonds is 6. The van der Waals surface area contributed by atoms with Gasteiger partial charge in [-0.1, -0.05) is 0 Å². The van der Waals surface area contributed by atoms with Crippen molar-refractivity contribution in [3.8, 4) is 5.75 Å². The molecule has 6 nitrogen and oxygen atoms in total. The first-order valence-electron chi connectivity index (χ1n) is 9.11. The lowest BCUT2D eigenvalue weighted by Gasteiger charge is -2.37. The number of nitrogens with two attached hydrogens (primary N) is 1. The van der Waals surface area contributed by atoms with Crippen LogP contribution in [0.5, 0.6) is 5.75 Å². The van der Waals surface area contributed by atoms with Crippen LogP contribution in [0.2, 0.25) is 0 Å². The van der Waals surface area contributed by atoms with Crippen LogP contribution in [-0.2, 0) is 0 Å². The number of piperazine rings is 1. The standard InChI is InChI=1S/C20H23F2IN4O2/c1-26-5-6-27(2)14(10-26)11-29-18-8-12(21)7-17(19(18)20(24)28)25-16-4-3-13(23)9-15(16)22/h3-4,7-9,14,25H,5-6,10-11H2,1-2H3,(H2,24,28). The molecule has 1 heterocycles. The van der Waals surface area contributed by atoms with E-state index in [1.54, 1.807) is 6.07 Å². The van der Waals surface area contributed by atoms with Crippen LogP contribution in [0, 0.1) is 15.2 Å². The molecule has 156 valence electrons. The van der Waals surface area contributed by atoms with Crippen molar-refractivity contribution >= 4 is 39.9 Å². The molecule has 29 heavy (non-hydrogen) atoms. The molecule has 1 aliphatic heterocycles. The summed E-state index contributed by atoms with van der Waals surface area (Å²) in [5.74, 6) is -1.89. The van der Waals surface area contributed by atoms with Gasteiger partial charge in [-0.25, -0.2) is 8.78 Å². The van der Waals surface area contributed by atoms with Crippen molar-refractivity contribution in [2.45, 2.75) is 6.04 Å². The van der Waals surface area contributed by atoms with Crippen LogP contribution in [0.25, 0.3) is 0 Å². The third kappa shape index (κ3) is 5.34. The average Bonchev–Trinajstić information content (AvgIpc) is 2.64. The zero-order valence-corrected chi connectivity index (χ0v) is 18.4. The van der Waals surface area contributed by atoms with Crippen molar-refractivity contribution in [1.29, 1.82) is 0 Å². The maximum absolute atomic E-state index is 14.3. The quantitative estimate of drug-likeness (QED) is 0.578. The Morgan fingerprint density at radius 2 is 2.00 bits per heavy atom. The number of nitrogens with zero attached hydrogens (tertiary/aromatic N) is 2. The number of likely N-dealkylation sites (N-methyl/N-ethyl adjacent to an activating group) is 2. The summed E-state index contributed by atoms with van der Waals surface area (Å²) in [4.78, 5) is 16.5. The van der Waals surface area contributed by atoms with E-state index in [9.17, 15) is 13.6 Å². The van der Waals surface area contributed by atoms with E-state index >= 15 is 0 Å². The highest BCUT2D eigenvalue weighted by molar-refractivity contribution is 14.1. The van der Waals surface area contributed by atoms with E-state index in [0.717, 1.165) is 31.8 Å².